The lowest BCUT2D eigenvalue weighted by atomic mass is 9.83. The van der Waals surface area contributed by atoms with E-state index in [4.69, 9.17) is 0 Å². The third-order valence-electron chi connectivity index (χ3n) is 8.88. The van der Waals surface area contributed by atoms with E-state index < -0.39 is 0 Å². The molecule has 0 radical (unpaired) electrons. The van der Waals surface area contributed by atoms with E-state index in [2.05, 4.69) is 36.7 Å². The van der Waals surface area contributed by atoms with E-state index >= 15 is 0 Å². The van der Waals surface area contributed by atoms with Crippen molar-refractivity contribution in [3.63, 3.8) is 0 Å². The number of piperidine rings is 1. The van der Waals surface area contributed by atoms with Gasteiger partial charge in [-0.2, -0.15) is 5.10 Å². The van der Waals surface area contributed by atoms with Gasteiger partial charge >= 0.3 is 0 Å². The number of aromatic nitrogens is 5. The van der Waals surface area contributed by atoms with Crippen molar-refractivity contribution in [1.29, 1.82) is 0 Å². The number of nitrogens with zero attached hydrogens (tertiary/aromatic N) is 8. The molecule has 6 rings (SSSR count). The number of hydrogen-bond acceptors (Lipinski definition) is 7. The third kappa shape index (κ3) is 5.18. The summed E-state index contributed by atoms with van der Waals surface area (Å²) in [5.74, 6) is 1.31. The highest BCUT2D eigenvalue weighted by Gasteiger charge is 2.33. The molecule has 10 heteroatoms. The molecule has 3 aromatic rings. The quantitative estimate of drug-likeness (QED) is 0.482. The van der Waals surface area contributed by atoms with E-state index in [1.807, 2.05) is 12.3 Å². The number of carbonyl (C=O) groups excluding carboxylic acids is 1. The SMILES string of the molecule is CCCn1cccc(-n2ncc3c(N4CCN(C(=O)C5CCC(N6CCCCC6)CC5)CC4)ncnc32)c1=O. The lowest BCUT2D eigenvalue weighted by Gasteiger charge is -2.41. The van der Waals surface area contributed by atoms with Crippen molar-refractivity contribution in [3.05, 3.63) is 41.2 Å². The van der Waals surface area contributed by atoms with Gasteiger partial charge in [0.2, 0.25) is 5.91 Å². The van der Waals surface area contributed by atoms with Gasteiger partial charge in [-0.15, -0.1) is 0 Å². The topological polar surface area (TPSA) is 92.4 Å². The number of rotatable bonds is 6. The van der Waals surface area contributed by atoms with E-state index in [0.29, 0.717) is 42.9 Å². The summed E-state index contributed by atoms with van der Waals surface area (Å²) in [5, 5.41) is 5.35. The van der Waals surface area contributed by atoms with Crippen LogP contribution >= 0.6 is 0 Å². The minimum Gasteiger partial charge on any atom is -0.352 e. The fraction of sp³-hybridized carbons (Fsp3) is 0.621. The number of likely N-dealkylation sites (tertiary alicyclic amines) is 1. The Morgan fingerprint density at radius 3 is 2.49 bits per heavy atom. The Kier molecular flexibility index (Phi) is 7.63. The third-order valence-corrected chi connectivity index (χ3v) is 8.88. The molecule has 0 bridgehead atoms. The molecule has 3 fully saturated rings. The predicted molar refractivity (Wildman–Crippen MR) is 151 cm³/mol. The van der Waals surface area contributed by atoms with Crippen LogP contribution in [0.15, 0.2) is 35.6 Å². The summed E-state index contributed by atoms with van der Waals surface area (Å²) in [4.78, 5) is 42.4. The molecule has 0 atom stereocenters. The van der Waals surface area contributed by atoms with E-state index in [1.54, 1.807) is 27.8 Å². The van der Waals surface area contributed by atoms with Gasteiger partial charge in [-0.1, -0.05) is 13.3 Å². The highest BCUT2D eigenvalue weighted by atomic mass is 16.2. The van der Waals surface area contributed by atoms with Crippen molar-refractivity contribution in [2.75, 3.05) is 44.2 Å². The molecular formula is C29H40N8O2. The van der Waals surface area contributed by atoms with Gasteiger partial charge in [-0.3, -0.25) is 9.59 Å². The second kappa shape index (κ2) is 11.5. The molecule has 1 amide bonds. The maximum atomic E-state index is 13.4. The first-order valence-corrected chi connectivity index (χ1v) is 14.8. The van der Waals surface area contributed by atoms with E-state index in [9.17, 15) is 9.59 Å². The van der Waals surface area contributed by atoms with Gasteiger partial charge in [0.05, 0.1) is 11.6 Å². The molecule has 39 heavy (non-hydrogen) atoms. The number of hydrogen-bond donors (Lipinski definition) is 0. The summed E-state index contributed by atoms with van der Waals surface area (Å²) >= 11 is 0. The molecule has 208 valence electrons. The first-order chi connectivity index (χ1) is 19.1. The van der Waals surface area contributed by atoms with Crippen LogP contribution < -0.4 is 10.5 Å². The van der Waals surface area contributed by atoms with Crippen molar-refractivity contribution in [2.45, 2.75) is 70.9 Å². The Morgan fingerprint density at radius 1 is 0.974 bits per heavy atom. The first kappa shape index (κ1) is 26.0. The maximum absolute atomic E-state index is 13.4. The minimum atomic E-state index is -0.0819. The lowest BCUT2D eigenvalue weighted by molar-refractivity contribution is -0.137. The lowest BCUT2D eigenvalue weighted by Crippen LogP contribution is -2.51. The first-order valence-electron chi connectivity index (χ1n) is 14.8. The molecule has 1 saturated carbocycles. The molecular weight excluding hydrogens is 492 g/mol. The number of anilines is 1. The predicted octanol–water partition coefficient (Wildman–Crippen LogP) is 3.08. The number of fused-ring (bicyclic) bond motifs is 1. The fourth-order valence-corrected chi connectivity index (χ4v) is 6.73. The van der Waals surface area contributed by atoms with E-state index in [0.717, 1.165) is 56.4 Å². The van der Waals surface area contributed by atoms with Crippen LogP contribution in [0.1, 0.15) is 58.3 Å². The molecule has 3 aliphatic rings. The largest absolute Gasteiger partial charge is 0.352 e. The summed E-state index contributed by atoms with van der Waals surface area (Å²) < 4.78 is 3.33. The molecule has 0 aromatic carbocycles. The molecule has 10 nitrogen and oxygen atoms in total. The molecule has 0 N–H and O–H groups in total. The fourth-order valence-electron chi connectivity index (χ4n) is 6.73. The Hall–Kier alpha value is -3.27. The Labute approximate surface area is 229 Å². The standard InChI is InChI=1S/C29H40N8O2/c1-2-12-35-15-6-7-25(29(35)39)37-27-24(20-32-37)26(30-21-31-27)34-16-18-36(19-17-34)28(38)22-8-10-23(11-9-22)33-13-4-3-5-14-33/h6-7,15,20-23H,2-5,8-14,16-19H2,1H3. The van der Waals surface area contributed by atoms with Crippen LogP contribution in [0, 0.1) is 5.92 Å². The number of pyridine rings is 1. The maximum Gasteiger partial charge on any atom is 0.276 e. The van der Waals surface area contributed by atoms with Crippen LogP contribution in [0.25, 0.3) is 16.7 Å². The normalized spacial score (nSPS) is 22.9. The average Bonchev–Trinajstić information content (AvgIpc) is 3.43. The number of amides is 1. The van der Waals surface area contributed by atoms with Crippen LogP contribution in [0.3, 0.4) is 0 Å². The van der Waals surface area contributed by atoms with Gasteiger partial charge in [-0.05, 0) is 70.2 Å². The van der Waals surface area contributed by atoms with Crippen LogP contribution in [0.4, 0.5) is 5.82 Å². The molecule has 3 aromatic heterocycles. The zero-order chi connectivity index (χ0) is 26.8. The zero-order valence-electron chi connectivity index (χ0n) is 23.0. The highest BCUT2D eigenvalue weighted by molar-refractivity contribution is 5.88. The van der Waals surface area contributed by atoms with Crippen LogP contribution in [0.2, 0.25) is 0 Å². The summed E-state index contributed by atoms with van der Waals surface area (Å²) in [6.45, 7) is 8.04. The number of carbonyl (C=O) groups is 1. The zero-order valence-corrected chi connectivity index (χ0v) is 23.0. The Balaban J connectivity index is 1.11. The molecule has 0 spiro atoms. The van der Waals surface area contributed by atoms with Crippen molar-refractivity contribution < 1.29 is 4.79 Å². The Bertz CT molecular complexity index is 1340. The monoisotopic (exact) mass is 532 g/mol. The van der Waals surface area contributed by atoms with Crippen molar-refractivity contribution in [3.8, 4) is 5.69 Å². The average molecular weight is 533 g/mol. The number of piperazine rings is 1. The van der Waals surface area contributed by atoms with Crippen LogP contribution in [0.5, 0.6) is 0 Å². The summed E-state index contributed by atoms with van der Waals surface area (Å²) in [5.41, 5.74) is 1.02. The van der Waals surface area contributed by atoms with Crippen LogP contribution in [-0.4, -0.2) is 85.3 Å². The van der Waals surface area contributed by atoms with Crippen molar-refractivity contribution >= 4 is 22.8 Å². The van der Waals surface area contributed by atoms with E-state index in [-0.39, 0.29) is 11.5 Å². The molecule has 2 aliphatic heterocycles. The molecule has 5 heterocycles. The second-order valence-corrected chi connectivity index (χ2v) is 11.3. The second-order valence-electron chi connectivity index (χ2n) is 11.3. The molecule has 2 saturated heterocycles. The van der Waals surface area contributed by atoms with Gasteiger partial charge in [0.25, 0.3) is 5.56 Å². The number of aryl methyl sites for hydroxylation is 1. The van der Waals surface area contributed by atoms with Gasteiger partial charge < -0.3 is 19.3 Å². The van der Waals surface area contributed by atoms with E-state index in [1.165, 1.54) is 32.4 Å². The van der Waals surface area contributed by atoms with Gasteiger partial charge in [0.15, 0.2) is 5.65 Å². The summed E-state index contributed by atoms with van der Waals surface area (Å²) in [6, 6.07) is 4.34. The van der Waals surface area contributed by atoms with Gasteiger partial charge in [0, 0.05) is 50.9 Å². The Morgan fingerprint density at radius 2 is 1.74 bits per heavy atom. The summed E-state index contributed by atoms with van der Waals surface area (Å²) in [7, 11) is 0. The minimum absolute atomic E-state index is 0.0819. The summed E-state index contributed by atoms with van der Waals surface area (Å²) in [6.07, 6.45) is 14.4. The van der Waals surface area contributed by atoms with Gasteiger partial charge in [-0.25, -0.2) is 14.6 Å². The molecule has 1 aliphatic carbocycles. The molecule has 0 unspecified atom stereocenters. The van der Waals surface area contributed by atoms with Crippen molar-refractivity contribution in [2.24, 2.45) is 5.92 Å². The van der Waals surface area contributed by atoms with Crippen LogP contribution in [-0.2, 0) is 11.3 Å². The van der Waals surface area contributed by atoms with Gasteiger partial charge in [0.1, 0.15) is 17.8 Å². The smallest absolute Gasteiger partial charge is 0.276 e. The highest BCUT2D eigenvalue weighted by Crippen LogP contribution is 2.31. The van der Waals surface area contributed by atoms with Crippen molar-refractivity contribution in [1.82, 2.24) is 34.1 Å².